The number of likely N-dealkylation sites (N-methyl/N-ethyl adjacent to an activating group) is 1. The van der Waals surface area contributed by atoms with Gasteiger partial charge in [-0.25, -0.2) is 4.99 Å². The van der Waals surface area contributed by atoms with Crippen LogP contribution in [0.4, 0.5) is 0 Å². The van der Waals surface area contributed by atoms with Crippen molar-refractivity contribution in [3.05, 3.63) is 24.4 Å². The summed E-state index contributed by atoms with van der Waals surface area (Å²) in [5.41, 5.74) is 1.27. The van der Waals surface area contributed by atoms with Crippen LogP contribution < -0.4 is 0 Å². The molecule has 0 saturated carbocycles. The zero-order valence-corrected chi connectivity index (χ0v) is 9.45. The van der Waals surface area contributed by atoms with Crippen LogP contribution in [0.3, 0.4) is 0 Å². The first-order chi connectivity index (χ1) is 7.25. The molecular weight excluding hydrogens is 186 g/mol. The molecule has 2 heterocycles. The molecule has 0 atom stereocenters. The normalized spacial score (nSPS) is 23.9. The van der Waals surface area contributed by atoms with Crippen molar-refractivity contribution < 1.29 is 0 Å². The van der Waals surface area contributed by atoms with Gasteiger partial charge in [-0.05, 0) is 13.5 Å². The van der Waals surface area contributed by atoms with Crippen molar-refractivity contribution >= 4 is 5.84 Å². The Kier molecular flexibility index (Phi) is 3.21. The van der Waals surface area contributed by atoms with Crippen molar-refractivity contribution in [2.24, 2.45) is 4.99 Å². The lowest BCUT2D eigenvalue weighted by molar-refractivity contribution is 0.214. The van der Waals surface area contributed by atoms with Gasteiger partial charge in [0.05, 0.1) is 0 Å². The van der Waals surface area contributed by atoms with E-state index in [1.807, 2.05) is 6.20 Å². The molecule has 0 aromatic rings. The molecule has 0 bridgehead atoms. The van der Waals surface area contributed by atoms with Gasteiger partial charge in [-0.1, -0.05) is 18.2 Å². The molecule has 2 aliphatic heterocycles. The Balaban J connectivity index is 2.00. The van der Waals surface area contributed by atoms with Gasteiger partial charge >= 0.3 is 0 Å². The molecule has 15 heavy (non-hydrogen) atoms. The molecule has 2 rings (SSSR count). The van der Waals surface area contributed by atoms with Crippen molar-refractivity contribution in [1.82, 2.24) is 9.80 Å². The number of rotatable bonds is 0. The Labute approximate surface area is 91.8 Å². The summed E-state index contributed by atoms with van der Waals surface area (Å²) in [4.78, 5) is 9.25. The Hall–Kier alpha value is -1.09. The van der Waals surface area contributed by atoms with Crippen molar-refractivity contribution in [1.29, 1.82) is 0 Å². The number of aliphatic imine (C=N–C) groups is 1. The van der Waals surface area contributed by atoms with Gasteiger partial charge in [0, 0.05) is 38.8 Å². The number of piperazine rings is 1. The largest absolute Gasteiger partial charge is 0.357 e. The second kappa shape index (κ2) is 4.62. The van der Waals surface area contributed by atoms with Gasteiger partial charge in [0.15, 0.2) is 0 Å². The van der Waals surface area contributed by atoms with E-state index in [9.17, 15) is 0 Å². The van der Waals surface area contributed by atoms with Crippen LogP contribution >= 0.6 is 0 Å². The predicted molar refractivity (Wildman–Crippen MR) is 64.0 cm³/mol. The Morgan fingerprint density at radius 1 is 1.27 bits per heavy atom. The first kappa shape index (κ1) is 10.4. The zero-order chi connectivity index (χ0) is 10.7. The van der Waals surface area contributed by atoms with Gasteiger partial charge in [-0.2, -0.15) is 0 Å². The highest BCUT2D eigenvalue weighted by atomic mass is 15.3. The maximum absolute atomic E-state index is 4.50. The molecule has 0 spiro atoms. The topological polar surface area (TPSA) is 18.8 Å². The SMILES string of the molecule is C=C1CC=CN=C(N2CCN(C)CC2)C1. The third-order valence-electron chi connectivity index (χ3n) is 3.01. The van der Waals surface area contributed by atoms with Gasteiger partial charge in [0.1, 0.15) is 5.84 Å². The van der Waals surface area contributed by atoms with Gasteiger partial charge in [0.2, 0.25) is 0 Å². The molecule has 0 amide bonds. The summed E-state index contributed by atoms with van der Waals surface area (Å²) >= 11 is 0. The molecule has 0 aromatic carbocycles. The summed E-state index contributed by atoms with van der Waals surface area (Å²) in [5, 5.41) is 0. The maximum Gasteiger partial charge on any atom is 0.108 e. The molecular formula is C12H19N3. The molecule has 0 radical (unpaired) electrons. The standard InChI is InChI=1S/C12H19N3/c1-11-4-3-5-13-12(10-11)15-8-6-14(2)7-9-15/h3,5H,1,4,6-10H2,2H3. The van der Waals surface area contributed by atoms with Crippen LogP contribution in [0.2, 0.25) is 0 Å². The summed E-state index contributed by atoms with van der Waals surface area (Å²) in [6, 6.07) is 0. The molecule has 3 nitrogen and oxygen atoms in total. The van der Waals surface area contributed by atoms with Crippen LogP contribution in [-0.2, 0) is 0 Å². The molecule has 0 N–H and O–H groups in total. The minimum absolute atomic E-state index is 0.941. The summed E-state index contributed by atoms with van der Waals surface area (Å²) in [7, 11) is 2.17. The van der Waals surface area contributed by atoms with Crippen LogP contribution in [0.15, 0.2) is 29.4 Å². The Bertz CT molecular complexity index is 296. The van der Waals surface area contributed by atoms with E-state index < -0.39 is 0 Å². The summed E-state index contributed by atoms with van der Waals surface area (Å²) in [6.45, 7) is 8.52. The number of allylic oxidation sites excluding steroid dienone is 1. The Morgan fingerprint density at radius 2 is 2.00 bits per heavy atom. The van der Waals surface area contributed by atoms with Gasteiger partial charge in [-0.3, -0.25) is 0 Å². The average molecular weight is 205 g/mol. The molecule has 0 unspecified atom stereocenters. The van der Waals surface area contributed by atoms with Gasteiger partial charge in [-0.15, -0.1) is 0 Å². The minimum Gasteiger partial charge on any atom is -0.357 e. The highest BCUT2D eigenvalue weighted by Gasteiger charge is 2.18. The second-order valence-corrected chi connectivity index (χ2v) is 4.35. The van der Waals surface area contributed by atoms with Crippen LogP contribution in [-0.4, -0.2) is 48.9 Å². The third kappa shape index (κ3) is 2.69. The van der Waals surface area contributed by atoms with E-state index in [-0.39, 0.29) is 0 Å². The number of amidine groups is 1. The molecule has 0 aromatic heterocycles. The van der Waals surface area contributed by atoms with Crippen LogP contribution in [0.1, 0.15) is 12.8 Å². The van der Waals surface area contributed by atoms with E-state index >= 15 is 0 Å². The number of nitrogens with zero attached hydrogens (tertiary/aromatic N) is 3. The third-order valence-corrected chi connectivity index (χ3v) is 3.01. The van der Waals surface area contributed by atoms with Gasteiger partial charge < -0.3 is 9.80 Å². The summed E-state index contributed by atoms with van der Waals surface area (Å²) < 4.78 is 0. The predicted octanol–water partition coefficient (Wildman–Crippen LogP) is 1.50. The lowest BCUT2D eigenvalue weighted by atomic mass is 10.1. The fraction of sp³-hybridized carbons (Fsp3) is 0.583. The van der Waals surface area contributed by atoms with Crippen molar-refractivity contribution in [2.45, 2.75) is 12.8 Å². The first-order valence-electron chi connectivity index (χ1n) is 5.57. The smallest absolute Gasteiger partial charge is 0.108 e. The van der Waals surface area contributed by atoms with Crippen molar-refractivity contribution in [2.75, 3.05) is 33.2 Å². The van der Waals surface area contributed by atoms with E-state index in [0.717, 1.165) is 39.0 Å². The number of hydrogen-bond acceptors (Lipinski definition) is 3. The van der Waals surface area contributed by atoms with Crippen LogP contribution in [0.5, 0.6) is 0 Å². The van der Waals surface area contributed by atoms with Crippen molar-refractivity contribution in [3.8, 4) is 0 Å². The molecule has 0 aliphatic carbocycles. The summed E-state index contributed by atoms with van der Waals surface area (Å²) in [6.07, 6.45) is 5.93. The molecule has 1 saturated heterocycles. The van der Waals surface area contributed by atoms with E-state index in [1.54, 1.807) is 0 Å². The van der Waals surface area contributed by atoms with E-state index in [1.165, 1.54) is 11.4 Å². The molecule has 1 fully saturated rings. The van der Waals surface area contributed by atoms with E-state index in [4.69, 9.17) is 0 Å². The highest BCUT2D eigenvalue weighted by molar-refractivity contribution is 5.85. The van der Waals surface area contributed by atoms with Crippen LogP contribution in [0, 0.1) is 0 Å². The zero-order valence-electron chi connectivity index (χ0n) is 9.45. The monoisotopic (exact) mass is 205 g/mol. The lowest BCUT2D eigenvalue weighted by Gasteiger charge is -2.34. The molecule has 82 valence electrons. The molecule has 2 aliphatic rings. The molecule has 3 heteroatoms. The summed E-state index contributed by atoms with van der Waals surface area (Å²) in [5.74, 6) is 1.20. The second-order valence-electron chi connectivity index (χ2n) is 4.35. The van der Waals surface area contributed by atoms with E-state index in [0.29, 0.717) is 0 Å². The van der Waals surface area contributed by atoms with E-state index in [2.05, 4.69) is 34.5 Å². The fourth-order valence-corrected chi connectivity index (χ4v) is 1.96. The average Bonchev–Trinajstić information content (AvgIpc) is 2.44. The van der Waals surface area contributed by atoms with Gasteiger partial charge in [0.25, 0.3) is 0 Å². The first-order valence-corrected chi connectivity index (χ1v) is 5.57. The Morgan fingerprint density at radius 3 is 2.73 bits per heavy atom. The number of hydrogen-bond donors (Lipinski definition) is 0. The lowest BCUT2D eigenvalue weighted by Crippen LogP contribution is -2.47. The van der Waals surface area contributed by atoms with Crippen molar-refractivity contribution in [3.63, 3.8) is 0 Å². The minimum atomic E-state index is 0.941. The quantitative estimate of drug-likeness (QED) is 0.558. The fourth-order valence-electron chi connectivity index (χ4n) is 1.96. The van der Waals surface area contributed by atoms with Crippen LogP contribution in [0.25, 0.3) is 0 Å². The maximum atomic E-state index is 4.50. The highest BCUT2D eigenvalue weighted by Crippen LogP contribution is 2.14.